The summed E-state index contributed by atoms with van der Waals surface area (Å²) in [5, 5.41) is 0. The molecule has 0 fully saturated rings. The Balaban J connectivity index is 2.77. The van der Waals surface area contributed by atoms with Crippen LogP contribution in [0.3, 0.4) is 0 Å². The van der Waals surface area contributed by atoms with Gasteiger partial charge in [-0.05, 0) is 31.6 Å². The molecule has 0 aliphatic heterocycles. The number of benzene rings is 2. The molecule has 0 aliphatic rings. The molecule has 0 unspecified atom stereocenters. The van der Waals surface area contributed by atoms with Crippen LogP contribution in [0, 0.1) is 23.3 Å². The Bertz CT molecular complexity index is 629. The van der Waals surface area contributed by atoms with E-state index in [9.17, 15) is 17.6 Å². The van der Waals surface area contributed by atoms with Crippen molar-refractivity contribution in [2.24, 2.45) is 0 Å². The molecule has 0 amide bonds. The zero-order valence-electron chi connectivity index (χ0n) is 10.8. The summed E-state index contributed by atoms with van der Waals surface area (Å²) in [5.74, 6) is -6.38. The molecule has 0 bridgehead atoms. The summed E-state index contributed by atoms with van der Waals surface area (Å²) in [5.41, 5.74) is 0.00727. The number of hydrogen-bond acceptors (Lipinski definition) is 2. The highest BCUT2D eigenvalue weighted by atomic mass is 32.2. The highest BCUT2D eigenvalue weighted by Gasteiger charge is 2.26. The quantitative estimate of drug-likeness (QED) is 0.356. The van der Waals surface area contributed by atoms with Gasteiger partial charge in [0.2, 0.25) is 0 Å². The maximum absolute atomic E-state index is 14.0. The van der Waals surface area contributed by atoms with Gasteiger partial charge in [0.25, 0.3) is 0 Å². The van der Waals surface area contributed by atoms with Crippen molar-refractivity contribution in [2.45, 2.75) is 4.90 Å². The van der Waals surface area contributed by atoms with Gasteiger partial charge in [0.1, 0.15) is 0 Å². The minimum absolute atomic E-state index is 0.277. The van der Waals surface area contributed by atoms with Gasteiger partial charge in [-0.15, -0.1) is 0 Å². The maximum Gasteiger partial charge on any atom is 0.198 e. The Morgan fingerprint density at radius 3 is 1.90 bits per heavy atom. The van der Waals surface area contributed by atoms with Crippen molar-refractivity contribution in [3.63, 3.8) is 0 Å². The number of nitrogens with zero attached hydrogens (tertiary/aromatic N) is 1. The fourth-order valence-electron chi connectivity index (χ4n) is 1.74. The lowest BCUT2D eigenvalue weighted by atomic mass is 10.0. The van der Waals surface area contributed by atoms with Crippen LogP contribution < -0.4 is 0 Å². The van der Waals surface area contributed by atoms with Crippen molar-refractivity contribution in [3.05, 3.63) is 53.6 Å². The van der Waals surface area contributed by atoms with Crippen LogP contribution in [0.15, 0.2) is 35.2 Å². The Hall–Kier alpha value is -1.53. The lowest BCUT2D eigenvalue weighted by Crippen LogP contribution is -2.07. The third-order valence-electron chi connectivity index (χ3n) is 2.56. The van der Waals surface area contributed by atoms with Crippen molar-refractivity contribution in [3.8, 4) is 11.1 Å². The van der Waals surface area contributed by atoms with E-state index in [2.05, 4.69) is 0 Å². The van der Waals surface area contributed by atoms with E-state index in [1.807, 2.05) is 0 Å². The summed E-state index contributed by atoms with van der Waals surface area (Å²) in [6, 6.07) is 7.93. The highest BCUT2D eigenvalue weighted by Crippen LogP contribution is 2.39. The van der Waals surface area contributed by atoms with Gasteiger partial charge in [0.05, 0.1) is 4.90 Å². The van der Waals surface area contributed by atoms with Crippen molar-refractivity contribution < 1.29 is 17.6 Å². The Morgan fingerprint density at radius 2 is 1.35 bits per heavy atom. The zero-order valence-corrected chi connectivity index (χ0v) is 11.6. The SMILES string of the molecule is CN(C)Sc1c(F)c(F)c(F)c(F)c1-c1ccccc1. The second kappa shape index (κ2) is 5.85. The molecule has 1 nitrogen and oxygen atoms in total. The molecule has 20 heavy (non-hydrogen) atoms. The largest absolute Gasteiger partial charge is 0.252 e. The minimum Gasteiger partial charge on any atom is -0.252 e. The summed E-state index contributed by atoms with van der Waals surface area (Å²) in [4.78, 5) is -0.280. The van der Waals surface area contributed by atoms with E-state index in [4.69, 9.17) is 0 Å². The van der Waals surface area contributed by atoms with Crippen LogP contribution in [-0.4, -0.2) is 18.4 Å². The number of halogens is 4. The highest BCUT2D eigenvalue weighted by molar-refractivity contribution is 7.97. The number of hydrogen-bond donors (Lipinski definition) is 0. The molecule has 0 spiro atoms. The van der Waals surface area contributed by atoms with Crippen LogP contribution in [-0.2, 0) is 0 Å². The topological polar surface area (TPSA) is 3.24 Å². The van der Waals surface area contributed by atoms with Gasteiger partial charge in [0, 0.05) is 5.56 Å². The molecule has 0 saturated carbocycles. The van der Waals surface area contributed by atoms with Crippen molar-refractivity contribution in [2.75, 3.05) is 14.1 Å². The zero-order chi connectivity index (χ0) is 14.9. The maximum atomic E-state index is 14.0. The smallest absolute Gasteiger partial charge is 0.198 e. The lowest BCUT2D eigenvalue weighted by Gasteiger charge is -2.16. The summed E-state index contributed by atoms with van der Waals surface area (Å²) in [6.45, 7) is 0. The van der Waals surface area contributed by atoms with E-state index in [1.165, 1.54) is 16.4 Å². The Labute approximate surface area is 118 Å². The van der Waals surface area contributed by atoms with Crippen LogP contribution in [0.5, 0.6) is 0 Å². The van der Waals surface area contributed by atoms with Gasteiger partial charge in [-0.25, -0.2) is 17.6 Å². The average molecular weight is 301 g/mol. The van der Waals surface area contributed by atoms with Crippen LogP contribution in [0.4, 0.5) is 17.6 Å². The summed E-state index contributed by atoms with van der Waals surface area (Å²) >= 11 is 0.795. The molecule has 0 N–H and O–H groups in total. The molecular formula is C14H11F4NS. The molecule has 2 aromatic carbocycles. The van der Waals surface area contributed by atoms with Gasteiger partial charge in [-0.3, -0.25) is 4.31 Å². The van der Waals surface area contributed by atoms with Crippen LogP contribution in [0.2, 0.25) is 0 Å². The fraction of sp³-hybridized carbons (Fsp3) is 0.143. The molecule has 0 aliphatic carbocycles. The summed E-state index contributed by atoms with van der Waals surface area (Å²) in [6.07, 6.45) is 0. The average Bonchev–Trinajstić information content (AvgIpc) is 2.43. The van der Waals surface area contributed by atoms with E-state index in [0.29, 0.717) is 0 Å². The minimum atomic E-state index is -1.80. The van der Waals surface area contributed by atoms with E-state index in [1.54, 1.807) is 32.3 Å². The monoisotopic (exact) mass is 301 g/mol. The predicted octanol–water partition coefficient (Wildman–Crippen LogP) is 4.48. The third-order valence-corrected chi connectivity index (χ3v) is 3.49. The molecule has 0 radical (unpaired) electrons. The van der Waals surface area contributed by atoms with Crippen LogP contribution in [0.1, 0.15) is 0 Å². The van der Waals surface area contributed by atoms with Crippen LogP contribution >= 0.6 is 11.9 Å². The summed E-state index contributed by atoms with van der Waals surface area (Å²) < 4.78 is 56.2. The number of rotatable bonds is 3. The molecule has 0 saturated heterocycles. The van der Waals surface area contributed by atoms with E-state index >= 15 is 0 Å². The van der Waals surface area contributed by atoms with Gasteiger partial charge in [-0.2, -0.15) is 0 Å². The molecule has 6 heteroatoms. The normalized spacial score (nSPS) is 11.2. The standard InChI is InChI=1S/C14H11F4NS/c1-19(2)20-14-9(8-6-4-3-5-7-8)10(15)11(16)12(17)13(14)18/h3-7H,1-2H3. The molecular weight excluding hydrogens is 290 g/mol. The first-order valence-corrected chi connectivity index (χ1v) is 6.47. The Morgan fingerprint density at radius 1 is 0.800 bits per heavy atom. The van der Waals surface area contributed by atoms with E-state index < -0.39 is 23.3 Å². The molecule has 0 heterocycles. The summed E-state index contributed by atoms with van der Waals surface area (Å²) in [7, 11) is 3.19. The van der Waals surface area contributed by atoms with Gasteiger partial charge >= 0.3 is 0 Å². The lowest BCUT2D eigenvalue weighted by molar-refractivity contribution is 0.400. The first-order valence-electron chi connectivity index (χ1n) is 5.70. The predicted molar refractivity (Wildman–Crippen MR) is 71.3 cm³/mol. The molecule has 0 atom stereocenters. The first kappa shape index (κ1) is 14.9. The molecule has 0 aromatic heterocycles. The van der Waals surface area contributed by atoms with E-state index in [-0.39, 0.29) is 16.0 Å². The third kappa shape index (κ3) is 2.66. The van der Waals surface area contributed by atoms with Gasteiger partial charge in [-0.1, -0.05) is 30.3 Å². The fourth-order valence-corrected chi connectivity index (χ4v) is 2.58. The van der Waals surface area contributed by atoms with Gasteiger partial charge < -0.3 is 0 Å². The first-order chi connectivity index (χ1) is 9.43. The Kier molecular flexibility index (Phi) is 4.35. The van der Waals surface area contributed by atoms with Crippen molar-refractivity contribution in [1.29, 1.82) is 0 Å². The molecule has 106 valence electrons. The van der Waals surface area contributed by atoms with Crippen molar-refractivity contribution in [1.82, 2.24) is 4.31 Å². The van der Waals surface area contributed by atoms with E-state index in [0.717, 1.165) is 11.9 Å². The molecule has 2 rings (SSSR count). The molecule has 2 aromatic rings. The second-order valence-electron chi connectivity index (χ2n) is 4.23. The van der Waals surface area contributed by atoms with Crippen molar-refractivity contribution >= 4 is 11.9 Å². The second-order valence-corrected chi connectivity index (χ2v) is 5.55. The van der Waals surface area contributed by atoms with Gasteiger partial charge in [0.15, 0.2) is 23.3 Å². The van der Waals surface area contributed by atoms with Crippen LogP contribution in [0.25, 0.3) is 11.1 Å².